The first kappa shape index (κ1) is 22.3. The van der Waals surface area contributed by atoms with Crippen molar-refractivity contribution in [3.8, 4) is 11.8 Å². The fourth-order valence-electron chi connectivity index (χ4n) is 2.66. The van der Waals surface area contributed by atoms with E-state index in [2.05, 4.69) is 21.2 Å². The van der Waals surface area contributed by atoms with Crippen LogP contribution < -0.4 is 9.50 Å². The minimum absolute atomic E-state index is 0.0328. The van der Waals surface area contributed by atoms with Gasteiger partial charge in [-0.1, -0.05) is 36.4 Å². The molecule has 3 aromatic carbocycles. The van der Waals surface area contributed by atoms with Crippen molar-refractivity contribution >= 4 is 43.7 Å². The minimum Gasteiger partial charge on any atom is -0.378 e. The summed E-state index contributed by atoms with van der Waals surface area (Å²) in [6.07, 6.45) is 1.41. The third kappa shape index (κ3) is 5.81. The van der Waals surface area contributed by atoms with Crippen molar-refractivity contribution in [3.63, 3.8) is 0 Å². The molecule has 0 aliphatic carbocycles. The van der Waals surface area contributed by atoms with Crippen LogP contribution in [0.2, 0.25) is 0 Å². The molecule has 0 heterocycles. The van der Waals surface area contributed by atoms with E-state index >= 15 is 0 Å². The summed E-state index contributed by atoms with van der Waals surface area (Å²) in [5.41, 5.74) is 1.98. The Morgan fingerprint density at radius 2 is 1.81 bits per heavy atom. The first-order chi connectivity index (χ1) is 14.8. The molecule has 0 fully saturated rings. The molecule has 0 spiro atoms. The number of hydrogen-bond donors (Lipinski definition) is 1. The van der Waals surface area contributed by atoms with E-state index < -0.39 is 16.0 Å². The summed E-state index contributed by atoms with van der Waals surface area (Å²) in [6, 6.07) is 21.5. The van der Waals surface area contributed by atoms with E-state index in [9.17, 15) is 18.5 Å². The molecule has 0 saturated carbocycles. The van der Waals surface area contributed by atoms with E-state index in [1.54, 1.807) is 48.5 Å². The van der Waals surface area contributed by atoms with Crippen LogP contribution in [0.4, 0.5) is 5.69 Å². The summed E-state index contributed by atoms with van der Waals surface area (Å²) in [5, 5.41) is 12.1. The van der Waals surface area contributed by atoms with Crippen LogP contribution in [0.25, 0.3) is 6.08 Å². The molecule has 0 aliphatic rings. The third-order valence-electron chi connectivity index (χ3n) is 4.14. The number of nitriles is 1. The lowest BCUT2D eigenvalue weighted by atomic mass is 10.1. The maximum atomic E-state index is 12.4. The Labute approximate surface area is 189 Å². The van der Waals surface area contributed by atoms with Crippen LogP contribution in [0.15, 0.2) is 87.7 Å². The highest BCUT2D eigenvalue weighted by molar-refractivity contribution is 9.10. The average molecular weight is 497 g/mol. The predicted molar refractivity (Wildman–Crippen MR) is 122 cm³/mol. The van der Waals surface area contributed by atoms with E-state index in [0.29, 0.717) is 15.7 Å². The molecule has 156 valence electrons. The molecule has 0 unspecified atom stereocenters. The molecule has 1 N–H and O–H groups in total. The van der Waals surface area contributed by atoms with Gasteiger partial charge in [-0.25, -0.2) is 0 Å². The summed E-state index contributed by atoms with van der Waals surface area (Å²) in [7, 11) is -3.99. The SMILES string of the molecule is Cc1cccc(NC(=O)/C(C#N)=C/c2ccc(OS(=O)(=O)c3ccccc3)c(Br)c2)c1. The van der Waals surface area contributed by atoms with Gasteiger partial charge in [0.1, 0.15) is 16.5 Å². The zero-order valence-electron chi connectivity index (χ0n) is 16.4. The average Bonchev–Trinajstić information content (AvgIpc) is 2.74. The largest absolute Gasteiger partial charge is 0.378 e. The molecule has 3 aromatic rings. The van der Waals surface area contributed by atoms with Crippen molar-refractivity contribution in [1.82, 2.24) is 0 Å². The van der Waals surface area contributed by atoms with E-state index in [4.69, 9.17) is 4.18 Å². The maximum absolute atomic E-state index is 12.4. The molecule has 0 atom stereocenters. The molecule has 0 bridgehead atoms. The minimum atomic E-state index is -3.99. The van der Waals surface area contributed by atoms with E-state index in [1.807, 2.05) is 19.1 Å². The first-order valence-corrected chi connectivity index (χ1v) is 11.3. The van der Waals surface area contributed by atoms with Gasteiger partial charge in [0.2, 0.25) is 0 Å². The lowest BCUT2D eigenvalue weighted by Crippen LogP contribution is -2.13. The van der Waals surface area contributed by atoms with E-state index in [1.165, 1.54) is 24.3 Å². The van der Waals surface area contributed by atoms with Gasteiger partial charge in [0.25, 0.3) is 5.91 Å². The topological polar surface area (TPSA) is 96.3 Å². The van der Waals surface area contributed by atoms with Crippen LogP contribution in [-0.4, -0.2) is 14.3 Å². The normalized spacial score (nSPS) is 11.5. The fourth-order valence-corrected chi connectivity index (χ4v) is 4.22. The second-order valence-corrected chi connectivity index (χ2v) is 8.93. The summed E-state index contributed by atoms with van der Waals surface area (Å²) in [4.78, 5) is 12.5. The van der Waals surface area contributed by atoms with Crippen molar-refractivity contribution < 1.29 is 17.4 Å². The van der Waals surface area contributed by atoms with Crippen molar-refractivity contribution in [2.75, 3.05) is 5.32 Å². The van der Waals surface area contributed by atoms with Gasteiger partial charge in [-0.3, -0.25) is 4.79 Å². The monoisotopic (exact) mass is 496 g/mol. The smallest absolute Gasteiger partial charge is 0.339 e. The highest BCUT2D eigenvalue weighted by Gasteiger charge is 2.18. The number of carbonyl (C=O) groups is 1. The highest BCUT2D eigenvalue weighted by Crippen LogP contribution is 2.29. The second-order valence-electron chi connectivity index (χ2n) is 6.53. The molecule has 6 nitrogen and oxygen atoms in total. The number of anilines is 1. The molecule has 0 saturated heterocycles. The summed E-state index contributed by atoms with van der Waals surface area (Å²) in [5.74, 6) is -0.458. The zero-order valence-corrected chi connectivity index (χ0v) is 18.8. The molecule has 31 heavy (non-hydrogen) atoms. The molecule has 0 aliphatic heterocycles. The number of halogens is 1. The van der Waals surface area contributed by atoms with Gasteiger partial charge in [-0.2, -0.15) is 13.7 Å². The third-order valence-corrected chi connectivity index (χ3v) is 6.01. The Hall–Kier alpha value is -3.41. The molecule has 0 radical (unpaired) electrons. The van der Waals surface area contributed by atoms with Gasteiger partial charge < -0.3 is 9.50 Å². The van der Waals surface area contributed by atoms with Crippen molar-refractivity contribution in [3.05, 3.63) is 94.0 Å². The number of nitrogens with zero attached hydrogens (tertiary/aromatic N) is 1. The molecule has 1 amide bonds. The van der Waals surface area contributed by atoms with Crippen molar-refractivity contribution in [2.45, 2.75) is 11.8 Å². The molecule has 8 heteroatoms. The number of aryl methyl sites for hydroxylation is 1. The van der Waals surface area contributed by atoms with Gasteiger partial charge in [-0.15, -0.1) is 0 Å². The standard InChI is InChI=1S/C23H17BrN2O4S/c1-16-6-5-7-19(12-16)26-23(27)18(15-25)13-17-10-11-22(21(24)14-17)30-31(28,29)20-8-3-2-4-9-20/h2-14H,1H3,(H,26,27)/b18-13+. The maximum Gasteiger partial charge on any atom is 0.339 e. The number of hydrogen-bond acceptors (Lipinski definition) is 5. The molecular weight excluding hydrogens is 480 g/mol. The van der Waals surface area contributed by atoms with Gasteiger partial charge in [0.05, 0.1) is 4.47 Å². The molecule has 0 aromatic heterocycles. The van der Waals surface area contributed by atoms with Crippen molar-refractivity contribution in [1.29, 1.82) is 5.26 Å². The van der Waals surface area contributed by atoms with Crippen molar-refractivity contribution in [2.24, 2.45) is 0 Å². The van der Waals surface area contributed by atoms with Gasteiger partial charge in [-0.05, 0) is 76.5 Å². The number of nitrogens with one attached hydrogen (secondary N) is 1. The van der Waals surface area contributed by atoms with E-state index in [0.717, 1.165) is 5.56 Å². The summed E-state index contributed by atoms with van der Waals surface area (Å²) in [6.45, 7) is 1.90. The van der Waals surface area contributed by atoms with Crippen LogP contribution in [-0.2, 0) is 14.9 Å². The predicted octanol–water partition coefficient (Wildman–Crippen LogP) is 5.07. The van der Waals surface area contributed by atoms with Crippen LogP contribution in [0, 0.1) is 18.3 Å². The summed E-state index contributed by atoms with van der Waals surface area (Å²) >= 11 is 3.28. The first-order valence-electron chi connectivity index (χ1n) is 9.07. The number of amides is 1. The van der Waals surface area contributed by atoms with Gasteiger partial charge in [0, 0.05) is 5.69 Å². The molecule has 3 rings (SSSR count). The van der Waals surface area contributed by atoms with Crippen LogP contribution in [0.1, 0.15) is 11.1 Å². The highest BCUT2D eigenvalue weighted by atomic mass is 79.9. The number of rotatable bonds is 6. The lowest BCUT2D eigenvalue weighted by Gasteiger charge is -2.09. The quantitative estimate of drug-likeness (QED) is 0.292. The molecular formula is C23H17BrN2O4S. The number of benzene rings is 3. The van der Waals surface area contributed by atoms with Crippen LogP contribution in [0.5, 0.6) is 5.75 Å². The second kappa shape index (κ2) is 9.60. The Bertz CT molecular complexity index is 1300. The Kier molecular flexibility index (Phi) is 6.90. The van der Waals surface area contributed by atoms with Crippen LogP contribution >= 0.6 is 15.9 Å². The lowest BCUT2D eigenvalue weighted by molar-refractivity contribution is -0.112. The number of carbonyl (C=O) groups excluding carboxylic acids is 1. The van der Waals surface area contributed by atoms with Gasteiger partial charge in [0.15, 0.2) is 5.75 Å². The Morgan fingerprint density at radius 1 is 1.06 bits per heavy atom. The Morgan fingerprint density at radius 3 is 2.45 bits per heavy atom. The zero-order chi connectivity index (χ0) is 22.4. The van der Waals surface area contributed by atoms with Gasteiger partial charge >= 0.3 is 10.1 Å². The van der Waals surface area contributed by atoms with E-state index in [-0.39, 0.29) is 16.2 Å². The van der Waals surface area contributed by atoms with Crippen LogP contribution in [0.3, 0.4) is 0 Å². The fraction of sp³-hybridized carbons (Fsp3) is 0.0435. The summed E-state index contributed by atoms with van der Waals surface area (Å²) < 4.78 is 30.4. The Balaban J connectivity index is 1.80.